The molecule has 2 aliphatic rings. The van der Waals surface area contributed by atoms with E-state index in [2.05, 4.69) is 5.32 Å². The second-order valence-corrected chi connectivity index (χ2v) is 11.4. The quantitative estimate of drug-likeness (QED) is 0.390. The van der Waals surface area contributed by atoms with E-state index in [1.807, 2.05) is 4.90 Å². The third-order valence-electron chi connectivity index (χ3n) is 6.18. The summed E-state index contributed by atoms with van der Waals surface area (Å²) in [7, 11) is -4.21. The fourth-order valence-corrected chi connectivity index (χ4v) is 5.66. The summed E-state index contributed by atoms with van der Waals surface area (Å²) in [4.78, 5) is 2.17. The molecule has 1 spiro atoms. The van der Waals surface area contributed by atoms with E-state index >= 15 is 0 Å². The highest BCUT2D eigenvalue weighted by Gasteiger charge is 2.75. The van der Waals surface area contributed by atoms with E-state index in [-0.39, 0.29) is 23.5 Å². The number of primary sulfonamides is 1. The van der Waals surface area contributed by atoms with Crippen molar-refractivity contribution in [2.75, 3.05) is 30.7 Å². The van der Waals surface area contributed by atoms with Crippen molar-refractivity contribution in [2.24, 2.45) is 10.6 Å². The molecular formula is C22H22F4N4O2S2. The summed E-state index contributed by atoms with van der Waals surface area (Å²) >= 11 is 1.38. The molecule has 1 atom stereocenters. The SMILES string of the molecule is N#Cc1cc(S(N)(=O)=O)cc(F)c1N[C@H](CCN1CC2(C1)CC2(F)F)CSc1ccc(F)cc1. The maximum absolute atomic E-state index is 14.8. The number of alkyl halides is 2. The largest absolute Gasteiger partial charge is 0.378 e. The monoisotopic (exact) mass is 514 g/mol. The molecule has 4 rings (SSSR count). The Bertz CT molecular complexity index is 1230. The molecule has 3 N–H and O–H groups in total. The third kappa shape index (κ3) is 5.17. The second-order valence-electron chi connectivity index (χ2n) is 8.75. The third-order valence-corrected chi connectivity index (χ3v) is 8.25. The second kappa shape index (κ2) is 9.03. The fraction of sp³-hybridized carbons (Fsp3) is 0.409. The lowest BCUT2D eigenvalue weighted by atomic mass is 9.95. The normalized spacial score (nSPS) is 19.3. The van der Waals surface area contributed by atoms with Gasteiger partial charge in [-0.15, -0.1) is 11.8 Å². The van der Waals surface area contributed by atoms with Gasteiger partial charge in [0.05, 0.1) is 21.6 Å². The molecule has 12 heteroatoms. The summed E-state index contributed by atoms with van der Waals surface area (Å²) in [5.41, 5.74) is -1.28. The Labute approximate surface area is 199 Å². The molecular weight excluding hydrogens is 492 g/mol. The molecule has 182 valence electrons. The highest BCUT2D eigenvalue weighted by atomic mass is 32.2. The minimum absolute atomic E-state index is 0.0915. The van der Waals surface area contributed by atoms with Gasteiger partial charge in [-0.25, -0.2) is 31.1 Å². The number of thioether (sulfide) groups is 1. The van der Waals surface area contributed by atoms with Gasteiger partial charge in [0, 0.05) is 42.7 Å². The number of hydrogen-bond donors (Lipinski definition) is 2. The Kier molecular flexibility index (Phi) is 6.58. The minimum atomic E-state index is -4.21. The van der Waals surface area contributed by atoms with Gasteiger partial charge in [0.25, 0.3) is 5.92 Å². The van der Waals surface area contributed by atoms with E-state index in [1.165, 1.54) is 23.9 Å². The molecule has 0 amide bonds. The number of rotatable bonds is 9. The van der Waals surface area contributed by atoms with Gasteiger partial charge in [-0.3, -0.25) is 0 Å². The molecule has 1 saturated carbocycles. The van der Waals surface area contributed by atoms with Crippen LogP contribution in [0, 0.1) is 28.4 Å². The van der Waals surface area contributed by atoms with Crippen molar-refractivity contribution < 1.29 is 26.0 Å². The van der Waals surface area contributed by atoms with Crippen molar-refractivity contribution in [3.05, 3.63) is 53.6 Å². The number of halogens is 4. The van der Waals surface area contributed by atoms with Gasteiger partial charge >= 0.3 is 0 Å². The number of hydrogen-bond acceptors (Lipinski definition) is 6. The van der Waals surface area contributed by atoms with E-state index in [4.69, 9.17) is 5.14 Å². The Morgan fingerprint density at radius 2 is 1.85 bits per heavy atom. The van der Waals surface area contributed by atoms with Crippen LogP contribution in [-0.4, -0.2) is 50.7 Å². The summed E-state index contributed by atoms with van der Waals surface area (Å²) < 4.78 is 78.1. The molecule has 34 heavy (non-hydrogen) atoms. The van der Waals surface area contributed by atoms with Crippen molar-refractivity contribution in [3.63, 3.8) is 0 Å². The highest BCUT2D eigenvalue weighted by molar-refractivity contribution is 7.99. The van der Waals surface area contributed by atoms with Gasteiger partial charge in [0.15, 0.2) is 0 Å². The Balaban J connectivity index is 1.48. The zero-order chi connectivity index (χ0) is 24.7. The number of anilines is 1. The first kappa shape index (κ1) is 24.8. The van der Waals surface area contributed by atoms with Crippen LogP contribution in [0.2, 0.25) is 0 Å². The van der Waals surface area contributed by atoms with Gasteiger partial charge in [-0.05, 0) is 42.8 Å². The first-order chi connectivity index (χ1) is 15.9. The summed E-state index contributed by atoms with van der Waals surface area (Å²) in [6, 6.07) is 8.98. The van der Waals surface area contributed by atoms with Crippen LogP contribution in [0.3, 0.4) is 0 Å². The minimum Gasteiger partial charge on any atom is -0.378 e. The van der Waals surface area contributed by atoms with Gasteiger partial charge in [-0.1, -0.05) is 0 Å². The van der Waals surface area contributed by atoms with E-state index in [0.717, 1.165) is 17.0 Å². The molecule has 2 aromatic carbocycles. The van der Waals surface area contributed by atoms with Crippen molar-refractivity contribution in [3.8, 4) is 6.07 Å². The molecule has 1 aliphatic carbocycles. The van der Waals surface area contributed by atoms with Crippen molar-refractivity contribution in [2.45, 2.75) is 34.6 Å². The first-order valence-corrected chi connectivity index (χ1v) is 13.0. The van der Waals surface area contributed by atoms with Crippen LogP contribution in [-0.2, 0) is 10.0 Å². The summed E-state index contributed by atoms with van der Waals surface area (Å²) in [5.74, 6) is -3.52. The van der Waals surface area contributed by atoms with Crippen LogP contribution < -0.4 is 10.5 Å². The van der Waals surface area contributed by atoms with Crippen LogP contribution in [0.4, 0.5) is 23.2 Å². The smallest absolute Gasteiger partial charge is 0.257 e. The predicted molar refractivity (Wildman–Crippen MR) is 120 cm³/mol. The molecule has 0 unspecified atom stereocenters. The lowest BCUT2D eigenvalue weighted by Crippen LogP contribution is -2.52. The molecule has 1 heterocycles. The van der Waals surface area contributed by atoms with Gasteiger partial charge < -0.3 is 10.2 Å². The maximum atomic E-state index is 14.8. The maximum Gasteiger partial charge on any atom is 0.257 e. The fourth-order valence-electron chi connectivity index (χ4n) is 4.14. The lowest BCUT2D eigenvalue weighted by Gasteiger charge is -2.40. The topological polar surface area (TPSA) is 99.2 Å². The summed E-state index contributed by atoms with van der Waals surface area (Å²) in [6.45, 7) is 1.09. The van der Waals surface area contributed by atoms with Crippen LogP contribution >= 0.6 is 11.8 Å². The molecule has 2 fully saturated rings. The average Bonchev–Trinajstić information content (AvgIpc) is 3.32. The molecule has 0 aromatic heterocycles. The number of likely N-dealkylation sites (tertiary alicyclic amines) is 1. The van der Waals surface area contributed by atoms with Gasteiger partial charge in [0.1, 0.15) is 17.7 Å². The Hall–Kier alpha value is -2.33. The number of nitrogens with one attached hydrogen (secondary N) is 1. The Morgan fingerprint density at radius 1 is 1.21 bits per heavy atom. The van der Waals surface area contributed by atoms with E-state index < -0.39 is 38.1 Å². The van der Waals surface area contributed by atoms with Crippen LogP contribution in [0.25, 0.3) is 0 Å². The zero-order valence-electron chi connectivity index (χ0n) is 17.9. The first-order valence-electron chi connectivity index (χ1n) is 10.4. The van der Waals surface area contributed by atoms with E-state index in [0.29, 0.717) is 31.8 Å². The average molecular weight is 515 g/mol. The standard InChI is InChI=1S/C22H22F4N4O2S2/c23-15-1-3-17(4-2-15)33-10-16(5-6-30-12-21(13-30)11-22(21,25)26)29-20-14(9-27)7-18(8-19(20)24)34(28,31)32/h1-4,7-8,16,29H,5-6,10-13H2,(H2,28,31,32)/t16-/m1/s1. The lowest BCUT2D eigenvalue weighted by molar-refractivity contribution is -0.0245. The molecule has 0 bridgehead atoms. The van der Waals surface area contributed by atoms with Crippen molar-refractivity contribution in [1.82, 2.24) is 4.90 Å². The Morgan fingerprint density at radius 3 is 2.41 bits per heavy atom. The van der Waals surface area contributed by atoms with Gasteiger partial charge in [-0.2, -0.15) is 5.26 Å². The highest BCUT2D eigenvalue weighted by Crippen LogP contribution is 2.65. The van der Waals surface area contributed by atoms with Crippen molar-refractivity contribution >= 4 is 27.5 Å². The number of nitrogens with zero attached hydrogens (tertiary/aromatic N) is 2. The summed E-state index contributed by atoms with van der Waals surface area (Å²) in [6.07, 6.45) is 0.364. The van der Waals surface area contributed by atoms with Crippen molar-refractivity contribution in [1.29, 1.82) is 5.26 Å². The molecule has 2 aromatic rings. The number of benzene rings is 2. The van der Waals surface area contributed by atoms with Crippen LogP contribution in [0.5, 0.6) is 0 Å². The molecule has 1 saturated heterocycles. The molecule has 1 aliphatic heterocycles. The van der Waals surface area contributed by atoms with E-state index in [9.17, 15) is 31.2 Å². The van der Waals surface area contributed by atoms with Crippen LogP contribution in [0.1, 0.15) is 18.4 Å². The van der Waals surface area contributed by atoms with Gasteiger partial charge in [0.2, 0.25) is 10.0 Å². The summed E-state index contributed by atoms with van der Waals surface area (Å²) in [5, 5.41) is 17.5. The molecule has 0 radical (unpaired) electrons. The van der Waals surface area contributed by atoms with Crippen LogP contribution in [0.15, 0.2) is 46.2 Å². The number of nitriles is 1. The van der Waals surface area contributed by atoms with E-state index in [1.54, 1.807) is 18.2 Å². The molecule has 6 nitrogen and oxygen atoms in total. The zero-order valence-corrected chi connectivity index (χ0v) is 19.5. The number of nitrogens with two attached hydrogens (primary N) is 1. The number of sulfonamides is 1. The predicted octanol–water partition coefficient (Wildman–Crippen LogP) is 3.79.